The summed E-state index contributed by atoms with van der Waals surface area (Å²) in [6.45, 7) is 1.83. The second kappa shape index (κ2) is 3.95. The largest absolute Gasteiger partial charge is 0.385 e. The Bertz CT molecular complexity index is 446. The fourth-order valence-corrected chi connectivity index (χ4v) is 1.18. The molecule has 1 aliphatic rings. The zero-order chi connectivity index (χ0) is 10.7. The van der Waals surface area contributed by atoms with E-state index in [0.29, 0.717) is 5.95 Å². The van der Waals surface area contributed by atoms with Gasteiger partial charge in [-0.05, 0) is 13.0 Å². The maximum atomic E-state index is 4.29. The van der Waals surface area contributed by atoms with Gasteiger partial charge in [-0.1, -0.05) is 0 Å². The van der Waals surface area contributed by atoms with E-state index in [1.807, 2.05) is 26.2 Å². The first-order chi connectivity index (χ1) is 7.29. The van der Waals surface area contributed by atoms with Gasteiger partial charge in [0, 0.05) is 19.4 Å². The summed E-state index contributed by atoms with van der Waals surface area (Å²) in [6.07, 6.45) is 3.50. The normalized spacial score (nSPS) is 12.3. The highest BCUT2D eigenvalue weighted by Gasteiger charge is 2.06. The van der Waals surface area contributed by atoms with Crippen LogP contribution in [0.5, 0.6) is 0 Å². The molecule has 0 aromatic carbocycles. The van der Waals surface area contributed by atoms with Crippen molar-refractivity contribution < 1.29 is 0 Å². The van der Waals surface area contributed by atoms with Gasteiger partial charge in [-0.2, -0.15) is 0 Å². The van der Waals surface area contributed by atoms with Gasteiger partial charge in [0.15, 0.2) is 0 Å². The molecular formula is C9H12N6. The highest BCUT2D eigenvalue weighted by atomic mass is 15.2. The standard InChI is InChI=1S/C9H12N6/c1-6-11-4-3-7-8(10-2)5-12-9(13-7)15-14-6/h3-5,10H,1-2H3,(H,11,14)(H,12,13,15). The quantitative estimate of drug-likeness (QED) is 0.623. The van der Waals surface area contributed by atoms with Gasteiger partial charge in [0.2, 0.25) is 5.95 Å². The second-order valence-electron chi connectivity index (χ2n) is 3.03. The zero-order valence-corrected chi connectivity index (χ0v) is 8.57. The Morgan fingerprint density at radius 2 is 2.27 bits per heavy atom. The number of fused-ring (bicyclic) bond motifs is 2. The first-order valence-electron chi connectivity index (χ1n) is 4.58. The lowest BCUT2D eigenvalue weighted by Gasteiger charge is -2.10. The molecule has 0 saturated heterocycles. The molecule has 78 valence electrons. The number of anilines is 1. The first kappa shape index (κ1) is 9.45. The van der Waals surface area contributed by atoms with Crippen molar-refractivity contribution in [1.29, 1.82) is 0 Å². The molecule has 2 bridgehead atoms. The number of nitrogens with zero attached hydrogens (tertiary/aromatic N) is 3. The summed E-state index contributed by atoms with van der Waals surface area (Å²) in [6, 6.07) is 1.83. The summed E-state index contributed by atoms with van der Waals surface area (Å²) < 4.78 is 0. The number of rotatable bonds is 1. The average Bonchev–Trinajstić information content (AvgIpc) is 2.32. The Labute approximate surface area is 87.2 Å². The first-order valence-corrected chi connectivity index (χ1v) is 4.58. The van der Waals surface area contributed by atoms with Crippen LogP contribution in [0.1, 0.15) is 11.5 Å². The van der Waals surface area contributed by atoms with Crippen molar-refractivity contribution in [3.63, 3.8) is 0 Å². The van der Waals surface area contributed by atoms with Crippen LogP contribution in [0, 0.1) is 6.92 Å². The van der Waals surface area contributed by atoms with E-state index in [4.69, 9.17) is 0 Å². The maximum Gasteiger partial charge on any atom is 0.245 e. The summed E-state index contributed by atoms with van der Waals surface area (Å²) in [7, 11) is 1.84. The fourth-order valence-electron chi connectivity index (χ4n) is 1.18. The van der Waals surface area contributed by atoms with Gasteiger partial charge < -0.3 is 10.6 Å². The molecule has 6 nitrogen and oxygen atoms in total. The predicted molar refractivity (Wildman–Crippen MR) is 57.2 cm³/mol. The van der Waals surface area contributed by atoms with Crippen molar-refractivity contribution in [2.24, 2.45) is 0 Å². The second-order valence-corrected chi connectivity index (χ2v) is 3.03. The molecule has 15 heavy (non-hydrogen) atoms. The van der Waals surface area contributed by atoms with Crippen LogP contribution in [0.2, 0.25) is 0 Å². The third kappa shape index (κ3) is 2.04. The van der Waals surface area contributed by atoms with Crippen LogP contribution in [-0.2, 0) is 0 Å². The number of aromatic amines is 1. The molecule has 0 atom stereocenters. The highest BCUT2D eigenvalue weighted by molar-refractivity contribution is 5.65. The van der Waals surface area contributed by atoms with Gasteiger partial charge in [0.05, 0.1) is 11.4 Å². The van der Waals surface area contributed by atoms with Crippen molar-refractivity contribution >= 4 is 11.6 Å². The number of aromatic nitrogens is 4. The Balaban J connectivity index is 2.58. The minimum Gasteiger partial charge on any atom is -0.385 e. The van der Waals surface area contributed by atoms with Gasteiger partial charge in [-0.3, -0.25) is 5.10 Å². The molecule has 1 aromatic heterocycles. The van der Waals surface area contributed by atoms with E-state index in [2.05, 4.69) is 30.8 Å². The molecule has 1 aliphatic heterocycles. The van der Waals surface area contributed by atoms with Crippen molar-refractivity contribution in [3.05, 3.63) is 30.0 Å². The molecule has 0 unspecified atom stereocenters. The van der Waals surface area contributed by atoms with Gasteiger partial charge in [-0.15, -0.1) is 5.10 Å². The van der Waals surface area contributed by atoms with Crippen LogP contribution in [0.4, 0.5) is 5.95 Å². The molecule has 6 heteroatoms. The van der Waals surface area contributed by atoms with E-state index in [9.17, 15) is 0 Å². The number of hydrogen-bond donors (Lipinski definition) is 3. The van der Waals surface area contributed by atoms with Crippen LogP contribution >= 0.6 is 0 Å². The third-order valence-corrected chi connectivity index (χ3v) is 1.94. The van der Waals surface area contributed by atoms with E-state index >= 15 is 0 Å². The number of nitrogens with one attached hydrogen (secondary N) is 3. The van der Waals surface area contributed by atoms with Crippen LogP contribution < -0.4 is 10.6 Å². The number of aryl methyl sites for hydroxylation is 1. The SMILES string of the molecule is CNC1=CNc2n[nH]c(C)nccc1n2. The van der Waals surface area contributed by atoms with E-state index in [0.717, 1.165) is 17.2 Å². The van der Waals surface area contributed by atoms with E-state index < -0.39 is 0 Å². The van der Waals surface area contributed by atoms with Crippen molar-refractivity contribution in [2.45, 2.75) is 6.92 Å². The Morgan fingerprint density at radius 1 is 1.40 bits per heavy atom. The Hall–Kier alpha value is -2.11. The topological polar surface area (TPSA) is 78.5 Å². The summed E-state index contributed by atoms with van der Waals surface area (Å²) in [5.41, 5.74) is 1.70. The van der Waals surface area contributed by atoms with Crippen LogP contribution in [-0.4, -0.2) is 27.2 Å². The minimum absolute atomic E-state index is 0.519. The smallest absolute Gasteiger partial charge is 0.245 e. The molecule has 1 aromatic rings. The van der Waals surface area contributed by atoms with E-state index in [-0.39, 0.29) is 0 Å². The zero-order valence-electron chi connectivity index (χ0n) is 8.57. The third-order valence-electron chi connectivity index (χ3n) is 1.94. The minimum atomic E-state index is 0.519. The van der Waals surface area contributed by atoms with Crippen molar-refractivity contribution in [2.75, 3.05) is 12.4 Å². The monoisotopic (exact) mass is 204 g/mol. The predicted octanol–water partition coefficient (Wildman–Crippen LogP) is 0.576. The van der Waals surface area contributed by atoms with Crippen molar-refractivity contribution in [1.82, 2.24) is 25.5 Å². The number of hydrogen-bond acceptors (Lipinski definition) is 5. The molecule has 0 aliphatic carbocycles. The molecule has 0 radical (unpaired) electrons. The summed E-state index contributed by atoms with van der Waals surface area (Å²) >= 11 is 0. The highest BCUT2D eigenvalue weighted by Crippen LogP contribution is 2.11. The lowest BCUT2D eigenvalue weighted by molar-refractivity contribution is 0.929. The molecule has 2 rings (SSSR count). The van der Waals surface area contributed by atoms with E-state index in [1.54, 1.807) is 6.20 Å². The van der Waals surface area contributed by atoms with Gasteiger partial charge in [-0.25, -0.2) is 9.97 Å². The molecule has 0 amide bonds. The van der Waals surface area contributed by atoms with Crippen LogP contribution in [0.15, 0.2) is 18.5 Å². The lowest BCUT2D eigenvalue weighted by atomic mass is 10.3. The molecule has 3 N–H and O–H groups in total. The summed E-state index contributed by atoms with van der Waals surface area (Å²) in [4.78, 5) is 8.42. The molecular weight excluding hydrogens is 192 g/mol. The van der Waals surface area contributed by atoms with Gasteiger partial charge >= 0.3 is 0 Å². The van der Waals surface area contributed by atoms with Gasteiger partial charge in [0.25, 0.3) is 0 Å². The van der Waals surface area contributed by atoms with E-state index in [1.165, 1.54) is 0 Å². The molecule has 0 spiro atoms. The molecule has 0 fully saturated rings. The summed E-state index contributed by atoms with van der Waals surface area (Å²) in [5, 5.41) is 12.8. The van der Waals surface area contributed by atoms with Crippen molar-refractivity contribution in [3.8, 4) is 0 Å². The Morgan fingerprint density at radius 3 is 3.07 bits per heavy atom. The fraction of sp³-hybridized carbons (Fsp3) is 0.222. The van der Waals surface area contributed by atoms with Gasteiger partial charge in [0.1, 0.15) is 5.82 Å². The molecule has 0 saturated carbocycles. The maximum absolute atomic E-state index is 4.29. The number of H-pyrrole nitrogens is 1. The van der Waals surface area contributed by atoms with Crippen LogP contribution in [0.25, 0.3) is 5.70 Å². The lowest BCUT2D eigenvalue weighted by Crippen LogP contribution is -2.12. The van der Waals surface area contributed by atoms with Crippen LogP contribution in [0.3, 0.4) is 0 Å². The molecule has 2 heterocycles. The summed E-state index contributed by atoms with van der Waals surface area (Å²) in [5.74, 6) is 1.24. The Kier molecular flexibility index (Phi) is 2.49. The average molecular weight is 204 g/mol.